The predicted octanol–water partition coefficient (Wildman–Crippen LogP) is 1.76. The molecule has 2 rings (SSSR count). The molecule has 0 radical (unpaired) electrons. The second kappa shape index (κ2) is 4.44. The Morgan fingerprint density at radius 1 is 1.24 bits per heavy atom. The molecule has 0 saturated carbocycles. The molecule has 0 unspecified atom stereocenters. The highest BCUT2D eigenvalue weighted by Crippen LogP contribution is 2.22. The van der Waals surface area contributed by atoms with Crippen LogP contribution in [-0.2, 0) is 0 Å². The van der Waals surface area contributed by atoms with Gasteiger partial charge in [-0.05, 0) is 12.1 Å². The maximum absolute atomic E-state index is 10.4. The molecule has 0 amide bonds. The van der Waals surface area contributed by atoms with Gasteiger partial charge in [0.2, 0.25) is 5.88 Å². The summed E-state index contributed by atoms with van der Waals surface area (Å²) in [4.78, 5) is 17.6. The number of hydrogen-bond donors (Lipinski definition) is 1. The number of non-ortho nitro benzene ring substituents is 1. The van der Waals surface area contributed by atoms with Crippen LogP contribution in [0.3, 0.4) is 0 Å². The van der Waals surface area contributed by atoms with E-state index in [0.717, 1.165) is 0 Å². The molecule has 1 heterocycles. The van der Waals surface area contributed by atoms with Crippen LogP contribution in [-0.4, -0.2) is 14.9 Å². The lowest BCUT2D eigenvalue weighted by molar-refractivity contribution is -0.384. The number of aromatic nitrogens is 2. The maximum Gasteiger partial charge on any atom is 0.269 e. The van der Waals surface area contributed by atoms with Crippen LogP contribution < -0.4 is 10.5 Å². The molecule has 0 fully saturated rings. The summed E-state index contributed by atoms with van der Waals surface area (Å²) in [7, 11) is 0. The SMILES string of the molecule is Nc1cncc(Oc2ccc([N+](=O)[O-])cc2)n1. The number of hydrogen-bond acceptors (Lipinski definition) is 6. The fraction of sp³-hybridized carbons (Fsp3) is 0. The Balaban J connectivity index is 2.16. The van der Waals surface area contributed by atoms with Crippen LogP contribution in [0.4, 0.5) is 11.5 Å². The smallest absolute Gasteiger partial charge is 0.269 e. The molecule has 86 valence electrons. The minimum Gasteiger partial charge on any atom is -0.437 e. The van der Waals surface area contributed by atoms with E-state index < -0.39 is 4.92 Å². The third-order valence-electron chi connectivity index (χ3n) is 1.90. The Morgan fingerprint density at radius 3 is 2.53 bits per heavy atom. The molecule has 2 aromatic rings. The molecule has 7 nitrogen and oxygen atoms in total. The number of nitro benzene ring substituents is 1. The Bertz CT molecular complexity index is 542. The van der Waals surface area contributed by atoms with E-state index in [1.54, 1.807) is 0 Å². The molecule has 1 aromatic carbocycles. The van der Waals surface area contributed by atoms with Crippen molar-refractivity contribution >= 4 is 11.5 Å². The fourth-order valence-corrected chi connectivity index (χ4v) is 1.17. The highest BCUT2D eigenvalue weighted by atomic mass is 16.6. The number of rotatable bonds is 3. The predicted molar refractivity (Wildman–Crippen MR) is 59.6 cm³/mol. The first-order chi connectivity index (χ1) is 8.15. The number of nitrogens with zero attached hydrogens (tertiary/aromatic N) is 3. The van der Waals surface area contributed by atoms with Gasteiger partial charge >= 0.3 is 0 Å². The van der Waals surface area contributed by atoms with Crippen LogP contribution in [0.25, 0.3) is 0 Å². The molecule has 0 spiro atoms. The van der Waals surface area contributed by atoms with Crippen LogP contribution >= 0.6 is 0 Å². The van der Waals surface area contributed by atoms with Crippen LogP contribution in [0.1, 0.15) is 0 Å². The van der Waals surface area contributed by atoms with E-state index in [9.17, 15) is 10.1 Å². The van der Waals surface area contributed by atoms with Crippen molar-refractivity contribution in [2.24, 2.45) is 0 Å². The highest BCUT2D eigenvalue weighted by Gasteiger charge is 2.05. The van der Waals surface area contributed by atoms with Crippen molar-refractivity contribution < 1.29 is 9.66 Å². The average molecular weight is 232 g/mol. The van der Waals surface area contributed by atoms with Gasteiger partial charge in [-0.25, -0.2) is 0 Å². The van der Waals surface area contributed by atoms with E-state index in [1.807, 2.05) is 0 Å². The number of nitrogens with two attached hydrogens (primary N) is 1. The summed E-state index contributed by atoms with van der Waals surface area (Å²) < 4.78 is 5.32. The van der Waals surface area contributed by atoms with Crippen LogP contribution in [0.2, 0.25) is 0 Å². The van der Waals surface area contributed by atoms with Gasteiger partial charge in [0.05, 0.1) is 17.3 Å². The van der Waals surface area contributed by atoms with Crippen molar-refractivity contribution in [3.63, 3.8) is 0 Å². The van der Waals surface area contributed by atoms with Crippen LogP contribution in [0.5, 0.6) is 11.6 Å². The van der Waals surface area contributed by atoms with Crippen molar-refractivity contribution in [1.82, 2.24) is 9.97 Å². The standard InChI is InChI=1S/C10H8N4O3/c11-9-5-12-6-10(13-9)17-8-3-1-7(2-4-8)14(15)16/h1-6H,(H2,11,13). The minimum absolute atomic E-state index is 0.00369. The lowest BCUT2D eigenvalue weighted by Gasteiger charge is -2.03. The zero-order chi connectivity index (χ0) is 12.3. The topological polar surface area (TPSA) is 104 Å². The monoisotopic (exact) mass is 232 g/mol. The zero-order valence-corrected chi connectivity index (χ0v) is 8.61. The molecule has 2 N–H and O–H groups in total. The number of benzene rings is 1. The fourth-order valence-electron chi connectivity index (χ4n) is 1.17. The summed E-state index contributed by atoms with van der Waals surface area (Å²) in [5.41, 5.74) is 5.43. The molecule has 1 aromatic heterocycles. The first-order valence-corrected chi connectivity index (χ1v) is 4.65. The summed E-state index contributed by atoms with van der Waals surface area (Å²) >= 11 is 0. The maximum atomic E-state index is 10.4. The van der Waals surface area contributed by atoms with Crippen molar-refractivity contribution in [2.45, 2.75) is 0 Å². The number of nitrogen functional groups attached to an aromatic ring is 1. The lowest BCUT2D eigenvalue weighted by atomic mass is 10.3. The molecule has 0 aliphatic carbocycles. The summed E-state index contributed by atoms with van der Waals surface area (Å²) in [5, 5.41) is 10.4. The first-order valence-electron chi connectivity index (χ1n) is 4.65. The van der Waals surface area contributed by atoms with E-state index >= 15 is 0 Å². The Hall–Kier alpha value is -2.70. The van der Waals surface area contributed by atoms with Gasteiger partial charge in [0, 0.05) is 12.1 Å². The zero-order valence-electron chi connectivity index (χ0n) is 8.61. The van der Waals surface area contributed by atoms with E-state index in [0.29, 0.717) is 5.75 Å². The van der Waals surface area contributed by atoms with Gasteiger partial charge in [0.15, 0.2) is 0 Å². The quantitative estimate of drug-likeness (QED) is 0.638. The van der Waals surface area contributed by atoms with Crippen molar-refractivity contribution in [3.05, 3.63) is 46.8 Å². The second-order valence-electron chi connectivity index (χ2n) is 3.14. The van der Waals surface area contributed by atoms with Crippen molar-refractivity contribution in [2.75, 3.05) is 5.73 Å². The largest absolute Gasteiger partial charge is 0.437 e. The van der Waals surface area contributed by atoms with Crippen LogP contribution in [0, 0.1) is 10.1 Å². The number of nitro groups is 1. The van der Waals surface area contributed by atoms with Gasteiger partial charge in [-0.3, -0.25) is 15.1 Å². The van der Waals surface area contributed by atoms with E-state index in [2.05, 4.69) is 9.97 Å². The normalized spacial score (nSPS) is 9.88. The molecule has 0 aliphatic rings. The minimum atomic E-state index is -0.482. The summed E-state index contributed by atoms with van der Waals surface area (Å²) in [5.74, 6) is 0.902. The molecular weight excluding hydrogens is 224 g/mol. The number of anilines is 1. The van der Waals surface area contributed by atoms with E-state index in [-0.39, 0.29) is 17.4 Å². The lowest BCUT2D eigenvalue weighted by Crippen LogP contribution is -1.94. The third kappa shape index (κ3) is 2.65. The molecule has 0 aliphatic heterocycles. The van der Waals surface area contributed by atoms with Gasteiger partial charge < -0.3 is 10.5 Å². The van der Waals surface area contributed by atoms with Gasteiger partial charge in [-0.15, -0.1) is 0 Å². The molecule has 17 heavy (non-hydrogen) atoms. The van der Waals surface area contributed by atoms with Crippen molar-refractivity contribution in [1.29, 1.82) is 0 Å². The molecule has 0 bridgehead atoms. The Kier molecular flexibility index (Phi) is 2.82. The molecular formula is C10H8N4O3. The number of ether oxygens (including phenoxy) is 1. The summed E-state index contributed by atoms with van der Waals surface area (Å²) in [6, 6.07) is 5.64. The van der Waals surface area contributed by atoms with Gasteiger partial charge in [0.1, 0.15) is 11.6 Å². The van der Waals surface area contributed by atoms with Gasteiger partial charge in [-0.2, -0.15) is 4.98 Å². The summed E-state index contributed by atoms with van der Waals surface area (Å²) in [6.45, 7) is 0. The van der Waals surface area contributed by atoms with E-state index in [4.69, 9.17) is 10.5 Å². The second-order valence-corrected chi connectivity index (χ2v) is 3.14. The summed E-state index contributed by atoms with van der Waals surface area (Å²) in [6.07, 6.45) is 2.79. The van der Waals surface area contributed by atoms with Gasteiger partial charge in [0.25, 0.3) is 5.69 Å². The third-order valence-corrected chi connectivity index (χ3v) is 1.90. The Labute approximate surface area is 96.0 Å². The first kappa shape index (κ1) is 10.8. The van der Waals surface area contributed by atoms with E-state index in [1.165, 1.54) is 36.7 Å². The van der Waals surface area contributed by atoms with Crippen molar-refractivity contribution in [3.8, 4) is 11.6 Å². The van der Waals surface area contributed by atoms with Gasteiger partial charge in [-0.1, -0.05) is 0 Å². The molecule has 0 atom stereocenters. The van der Waals surface area contributed by atoms with Crippen LogP contribution in [0.15, 0.2) is 36.7 Å². The average Bonchev–Trinajstić information content (AvgIpc) is 2.29. The Morgan fingerprint density at radius 2 is 1.94 bits per heavy atom. The molecule has 7 heteroatoms. The molecule has 0 saturated heterocycles. The highest BCUT2D eigenvalue weighted by molar-refractivity contribution is 5.38.